The van der Waals surface area contributed by atoms with Crippen molar-refractivity contribution in [3.63, 3.8) is 0 Å². The zero-order valence-corrected chi connectivity index (χ0v) is 25.9. The molecule has 0 amide bonds. The number of aliphatic hydroxyl groups is 1. The lowest BCUT2D eigenvalue weighted by atomic mass is 9.99. The third kappa shape index (κ3) is 19.0. The number of carbonyl (C=O) groups is 1. The van der Waals surface area contributed by atoms with Crippen LogP contribution < -0.4 is 0 Å². The molecule has 1 N–H and O–H groups in total. The fourth-order valence-corrected chi connectivity index (χ4v) is 3.18. The standard InChI is InChI=1S/C13H20O.C12H18O2.C11H14O2/c1-11(2)12(3)9-14-10-13-7-5-4-6-8-13;1-10(11(2)13)8-14-9-12-6-4-3-5-7-12;1-10(7-12)8-13-9-11-5-3-2-4-6-11/h4-8,11-12H,9-10H2,1-3H3;3-7,10-11,13H,8-9H2,1-2H3;2-7,10H,8-9H2,1H3. The molecule has 0 fully saturated rings. The highest BCUT2D eigenvalue weighted by atomic mass is 16.5. The fourth-order valence-electron chi connectivity index (χ4n) is 3.18. The summed E-state index contributed by atoms with van der Waals surface area (Å²) in [5.74, 6) is 1.52. The normalized spacial score (nSPS) is 13.6. The van der Waals surface area contributed by atoms with E-state index < -0.39 is 0 Å². The molecule has 3 aromatic rings. The fraction of sp³-hybridized carbons (Fsp3) is 0.472. The van der Waals surface area contributed by atoms with E-state index in [2.05, 4.69) is 32.9 Å². The van der Waals surface area contributed by atoms with Gasteiger partial charge in [-0.15, -0.1) is 0 Å². The van der Waals surface area contributed by atoms with E-state index in [0.717, 1.165) is 25.1 Å². The van der Waals surface area contributed by atoms with Gasteiger partial charge in [0, 0.05) is 18.4 Å². The van der Waals surface area contributed by atoms with Gasteiger partial charge in [0.15, 0.2) is 0 Å². The molecule has 0 aliphatic rings. The number of aldehydes is 1. The van der Waals surface area contributed by atoms with E-state index in [1.807, 2.05) is 92.7 Å². The summed E-state index contributed by atoms with van der Waals surface area (Å²) in [6.07, 6.45) is 0.608. The van der Waals surface area contributed by atoms with Crippen molar-refractivity contribution < 1.29 is 24.1 Å². The SMILES string of the molecule is CC(C)C(C)COCc1ccccc1.CC(C=O)COCc1ccccc1.CC(O)C(C)COCc1ccccc1. The van der Waals surface area contributed by atoms with E-state index in [-0.39, 0.29) is 17.9 Å². The predicted molar refractivity (Wildman–Crippen MR) is 168 cm³/mol. The van der Waals surface area contributed by atoms with Crippen molar-refractivity contribution >= 4 is 6.29 Å². The number of carbonyl (C=O) groups excluding carboxylic acids is 1. The maximum absolute atomic E-state index is 10.3. The van der Waals surface area contributed by atoms with Gasteiger partial charge in [0.25, 0.3) is 0 Å². The number of ether oxygens (including phenoxy) is 3. The predicted octanol–water partition coefficient (Wildman–Crippen LogP) is 7.75. The van der Waals surface area contributed by atoms with Gasteiger partial charge in [0.1, 0.15) is 6.29 Å². The van der Waals surface area contributed by atoms with E-state index in [0.29, 0.717) is 38.3 Å². The molecule has 3 aromatic carbocycles. The van der Waals surface area contributed by atoms with E-state index in [1.54, 1.807) is 6.92 Å². The average Bonchev–Trinajstić information content (AvgIpc) is 2.99. The number of hydrogen-bond donors (Lipinski definition) is 1. The quantitative estimate of drug-likeness (QED) is 0.191. The Hall–Kier alpha value is -2.83. The Morgan fingerprint density at radius 3 is 1.22 bits per heavy atom. The second-order valence-electron chi connectivity index (χ2n) is 11.1. The summed E-state index contributed by atoms with van der Waals surface area (Å²) in [6.45, 7) is 16.2. The van der Waals surface area contributed by atoms with Crippen LogP contribution in [0, 0.1) is 23.7 Å². The van der Waals surface area contributed by atoms with Crippen molar-refractivity contribution in [2.75, 3.05) is 19.8 Å². The van der Waals surface area contributed by atoms with Crippen LogP contribution in [0.25, 0.3) is 0 Å². The van der Waals surface area contributed by atoms with Crippen molar-refractivity contribution in [3.8, 4) is 0 Å². The summed E-state index contributed by atoms with van der Waals surface area (Å²) >= 11 is 0. The Kier molecular flexibility index (Phi) is 20.1. The van der Waals surface area contributed by atoms with Gasteiger partial charge in [0.2, 0.25) is 0 Å². The van der Waals surface area contributed by atoms with Crippen molar-refractivity contribution in [2.24, 2.45) is 23.7 Å². The Balaban J connectivity index is 0.000000308. The molecule has 0 bridgehead atoms. The van der Waals surface area contributed by atoms with Crippen LogP contribution in [0.5, 0.6) is 0 Å². The molecule has 0 aliphatic carbocycles. The topological polar surface area (TPSA) is 65.0 Å². The van der Waals surface area contributed by atoms with Crippen LogP contribution in [-0.4, -0.2) is 37.3 Å². The molecular weight excluding hydrogens is 512 g/mol. The third-order valence-electron chi connectivity index (χ3n) is 6.67. The van der Waals surface area contributed by atoms with Crippen LogP contribution in [-0.2, 0) is 38.8 Å². The number of rotatable bonds is 15. The maximum atomic E-state index is 10.3. The molecular formula is C36H52O5. The maximum Gasteiger partial charge on any atom is 0.125 e. The van der Waals surface area contributed by atoms with Crippen LogP contribution >= 0.6 is 0 Å². The van der Waals surface area contributed by atoms with Crippen LogP contribution in [0.15, 0.2) is 91.0 Å². The smallest absolute Gasteiger partial charge is 0.125 e. The molecule has 5 heteroatoms. The van der Waals surface area contributed by atoms with E-state index in [1.165, 1.54) is 11.1 Å². The van der Waals surface area contributed by atoms with Gasteiger partial charge >= 0.3 is 0 Å². The monoisotopic (exact) mass is 564 g/mol. The van der Waals surface area contributed by atoms with Crippen molar-refractivity contribution in [3.05, 3.63) is 108 Å². The van der Waals surface area contributed by atoms with Gasteiger partial charge in [-0.2, -0.15) is 0 Å². The minimum atomic E-state index is -0.300. The van der Waals surface area contributed by atoms with E-state index in [4.69, 9.17) is 14.2 Å². The Labute approximate surface area is 248 Å². The molecule has 0 aromatic heterocycles. The Morgan fingerprint density at radius 2 is 0.902 bits per heavy atom. The largest absolute Gasteiger partial charge is 0.393 e. The van der Waals surface area contributed by atoms with Gasteiger partial charge in [-0.25, -0.2) is 0 Å². The van der Waals surface area contributed by atoms with Gasteiger partial charge < -0.3 is 24.1 Å². The summed E-state index contributed by atoms with van der Waals surface area (Å²) in [6, 6.07) is 30.3. The second-order valence-corrected chi connectivity index (χ2v) is 11.1. The first-order valence-corrected chi connectivity index (χ1v) is 14.7. The summed E-state index contributed by atoms with van der Waals surface area (Å²) in [5, 5.41) is 9.24. The van der Waals surface area contributed by atoms with Crippen LogP contribution in [0.3, 0.4) is 0 Å². The van der Waals surface area contributed by atoms with Crippen LogP contribution in [0.1, 0.15) is 58.2 Å². The molecule has 0 saturated heterocycles. The molecule has 226 valence electrons. The number of hydrogen-bond acceptors (Lipinski definition) is 5. The summed E-state index contributed by atoms with van der Waals surface area (Å²) in [4.78, 5) is 10.3. The molecule has 5 nitrogen and oxygen atoms in total. The van der Waals surface area contributed by atoms with Crippen molar-refractivity contribution in [1.29, 1.82) is 0 Å². The first kappa shape index (κ1) is 36.2. The highest BCUT2D eigenvalue weighted by Crippen LogP contribution is 2.11. The van der Waals surface area contributed by atoms with E-state index in [9.17, 15) is 9.90 Å². The zero-order chi connectivity index (χ0) is 30.3. The molecule has 0 saturated carbocycles. The van der Waals surface area contributed by atoms with Crippen molar-refractivity contribution in [1.82, 2.24) is 0 Å². The number of aliphatic hydroxyl groups excluding tert-OH is 1. The minimum absolute atomic E-state index is 0.0105. The molecule has 4 unspecified atom stereocenters. The van der Waals surface area contributed by atoms with Crippen LogP contribution in [0.4, 0.5) is 0 Å². The molecule has 0 spiro atoms. The lowest BCUT2D eigenvalue weighted by Crippen LogP contribution is -2.18. The Morgan fingerprint density at radius 1 is 0.561 bits per heavy atom. The first-order valence-electron chi connectivity index (χ1n) is 14.7. The highest BCUT2D eigenvalue weighted by molar-refractivity contribution is 5.52. The summed E-state index contributed by atoms with van der Waals surface area (Å²) < 4.78 is 16.5. The molecule has 0 radical (unpaired) electrons. The van der Waals surface area contributed by atoms with Gasteiger partial charge in [-0.05, 0) is 35.4 Å². The van der Waals surface area contributed by atoms with Crippen LogP contribution in [0.2, 0.25) is 0 Å². The van der Waals surface area contributed by atoms with Gasteiger partial charge in [-0.1, -0.05) is 126 Å². The zero-order valence-electron chi connectivity index (χ0n) is 25.9. The molecule has 0 aliphatic heterocycles. The second kappa shape index (κ2) is 22.8. The van der Waals surface area contributed by atoms with E-state index >= 15 is 0 Å². The Bertz CT molecular complexity index is 937. The highest BCUT2D eigenvalue weighted by Gasteiger charge is 2.08. The number of benzene rings is 3. The van der Waals surface area contributed by atoms with Crippen molar-refractivity contribution in [2.45, 2.75) is 67.5 Å². The third-order valence-corrected chi connectivity index (χ3v) is 6.67. The molecule has 3 rings (SSSR count). The van der Waals surface area contributed by atoms with Gasteiger partial charge in [-0.3, -0.25) is 0 Å². The average molecular weight is 565 g/mol. The molecule has 0 heterocycles. The summed E-state index contributed by atoms with van der Waals surface area (Å²) in [7, 11) is 0. The lowest BCUT2D eigenvalue weighted by Gasteiger charge is -2.15. The summed E-state index contributed by atoms with van der Waals surface area (Å²) in [5.41, 5.74) is 3.56. The molecule has 4 atom stereocenters. The van der Waals surface area contributed by atoms with Gasteiger partial charge in [0.05, 0.1) is 39.1 Å². The lowest BCUT2D eigenvalue weighted by molar-refractivity contribution is -0.112. The first-order chi connectivity index (χ1) is 19.7. The minimum Gasteiger partial charge on any atom is -0.393 e. The molecule has 41 heavy (non-hydrogen) atoms.